The quantitative estimate of drug-likeness (QED) is 0.834. The van der Waals surface area contributed by atoms with E-state index in [4.69, 9.17) is 4.74 Å². The number of rotatable bonds is 5. The molecule has 2 fully saturated rings. The van der Waals surface area contributed by atoms with E-state index in [1.807, 2.05) is 6.07 Å². The molecule has 2 heterocycles. The van der Waals surface area contributed by atoms with Crippen molar-refractivity contribution < 1.29 is 4.74 Å². The zero-order valence-corrected chi connectivity index (χ0v) is 10.8. The van der Waals surface area contributed by atoms with Gasteiger partial charge in [-0.3, -0.25) is 0 Å². The molecule has 18 heavy (non-hydrogen) atoms. The molecule has 0 radical (unpaired) electrons. The minimum absolute atomic E-state index is 0.390. The van der Waals surface area contributed by atoms with E-state index in [1.165, 1.54) is 12.8 Å². The molecule has 0 bridgehead atoms. The molecule has 1 saturated carbocycles. The van der Waals surface area contributed by atoms with E-state index in [-0.39, 0.29) is 0 Å². The van der Waals surface area contributed by atoms with E-state index in [0.29, 0.717) is 12.0 Å². The third-order valence-electron chi connectivity index (χ3n) is 3.33. The van der Waals surface area contributed by atoms with Crippen molar-refractivity contribution in [3.63, 3.8) is 0 Å². The third kappa shape index (κ3) is 2.72. The predicted molar refractivity (Wildman–Crippen MR) is 71.0 cm³/mol. The van der Waals surface area contributed by atoms with Gasteiger partial charge in [-0.05, 0) is 26.2 Å². The van der Waals surface area contributed by atoms with Crippen LogP contribution in [0.3, 0.4) is 0 Å². The maximum absolute atomic E-state index is 5.38. The minimum Gasteiger partial charge on any atom is -0.379 e. The Hall–Kier alpha value is -1.36. The van der Waals surface area contributed by atoms with Crippen molar-refractivity contribution in [2.45, 2.75) is 38.1 Å². The van der Waals surface area contributed by atoms with Crippen molar-refractivity contribution in [3.8, 4) is 0 Å². The molecule has 1 unspecified atom stereocenters. The van der Waals surface area contributed by atoms with Gasteiger partial charge in [0.2, 0.25) is 0 Å². The first-order chi connectivity index (χ1) is 8.85. The number of ether oxygens (including phenoxy) is 1. The standard InChI is InChI=1S/C13H20N4O/c1-2-14-11-7-12(15-10-5-6-18-8-10)17-13(16-11)9-3-4-9/h7,9-10H,2-6,8H2,1H3,(H2,14,15,16,17). The zero-order chi connectivity index (χ0) is 12.4. The van der Waals surface area contributed by atoms with Gasteiger partial charge in [-0.15, -0.1) is 0 Å². The number of hydrogen-bond donors (Lipinski definition) is 2. The molecular weight excluding hydrogens is 228 g/mol. The zero-order valence-electron chi connectivity index (χ0n) is 10.8. The summed E-state index contributed by atoms with van der Waals surface area (Å²) in [6.07, 6.45) is 3.50. The van der Waals surface area contributed by atoms with Gasteiger partial charge in [-0.2, -0.15) is 0 Å². The van der Waals surface area contributed by atoms with Crippen LogP contribution in [0.4, 0.5) is 11.6 Å². The molecule has 98 valence electrons. The van der Waals surface area contributed by atoms with Gasteiger partial charge in [0, 0.05) is 25.1 Å². The molecule has 5 nitrogen and oxygen atoms in total. The van der Waals surface area contributed by atoms with Crippen LogP contribution in [-0.2, 0) is 4.74 Å². The Morgan fingerprint density at radius 3 is 2.78 bits per heavy atom. The van der Waals surface area contributed by atoms with Crippen molar-refractivity contribution in [2.75, 3.05) is 30.4 Å². The summed E-state index contributed by atoms with van der Waals surface area (Å²) < 4.78 is 5.38. The van der Waals surface area contributed by atoms with Crippen molar-refractivity contribution >= 4 is 11.6 Å². The van der Waals surface area contributed by atoms with Crippen LogP contribution in [0.1, 0.15) is 37.9 Å². The molecule has 5 heteroatoms. The van der Waals surface area contributed by atoms with Gasteiger partial charge >= 0.3 is 0 Å². The summed E-state index contributed by atoms with van der Waals surface area (Å²) in [4.78, 5) is 9.19. The van der Waals surface area contributed by atoms with E-state index in [9.17, 15) is 0 Å². The van der Waals surface area contributed by atoms with Gasteiger partial charge in [0.15, 0.2) is 0 Å². The number of anilines is 2. The molecule has 1 aromatic heterocycles. The first kappa shape index (κ1) is 11.7. The molecule has 1 atom stereocenters. The average molecular weight is 248 g/mol. The van der Waals surface area contributed by atoms with Crippen LogP contribution >= 0.6 is 0 Å². The fourth-order valence-electron chi connectivity index (χ4n) is 2.19. The molecule has 1 aromatic rings. The summed E-state index contributed by atoms with van der Waals surface area (Å²) in [5.41, 5.74) is 0. The summed E-state index contributed by atoms with van der Waals surface area (Å²) in [6.45, 7) is 4.58. The Balaban J connectivity index is 1.77. The highest BCUT2D eigenvalue weighted by atomic mass is 16.5. The van der Waals surface area contributed by atoms with E-state index in [0.717, 1.165) is 43.6 Å². The molecule has 0 spiro atoms. The molecule has 1 saturated heterocycles. The highest BCUT2D eigenvalue weighted by Gasteiger charge is 2.27. The Labute approximate surface area is 107 Å². The Kier molecular flexibility index (Phi) is 3.32. The lowest BCUT2D eigenvalue weighted by Gasteiger charge is -2.13. The molecule has 2 aliphatic rings. The number of nitrogens with zero attached hydrogens (tertiary/aromatic N) is 2. The molecule has 1 aliphatic heterocycles. The summed E-state index contributed by atoms with van der Waals surface area (Å²) in [5.74, 6) is 3.41. The summed E-state index contributed by atoms with van der Waals surface area (Å²) in [7, 11) is 0. The van der Waals surface area contributed by atoms with Crippen molar-refractivity contribution in [1.82, 2.24) is 9.97 Å². The SMILES string of the molecule is CCNc1cc(NC2CCOC2)nc(C2CC2)n1. The molecule has 1 aliphatic carbocycles. The van der Waals surface area contributed by atoms with Crippen LogP contribution in [0, 0.1) is 0 Å². The maximum atomic E-state index is 5.38. The Morgan fingerprint density at radius 1 is 1.28 bits per heavy atom. The van der Waals surface area contributed by atoms with Gasteiger partial charge in [0.1, 0.15) is 17.5 Å². The van der Waals surface area contributed by atoms with Crippen molar-refractivity contribution in [2.24, 2.45) is 0 Å². The lowest BCUT2D eigenvalue weighted by molar-refractivity contribution is 0.195. The van der Waals surface area contributed by atoms with Crippen LogP contribution < -0.4 is 10.6 Å². The lowest BCUT2D eigenvalue weighted by Crippen LogP contribution is -2.20. The van der Waals surface area contributed by atoms with Gasteiger partial charge in [-0.25, -0.2) is 9.97 Å². The number of aromatic nitrogens is 2. The van der Waals surface area contributed by atoms with Crippen molar-refractivity contribution in [3.05, 3.63) is 11.9 Å². The highest BCUT2D eigenvalue weighted by Crippen LogP contribution is 2.38. The van der Waals surface area contributed by atoms with Crippen LogP contribution in [0.15, 0.2) is 6.07 Å². The summed E-state index contributed by atoms with van der Waals surface area (Å²) in [6, 6.07) is 2.38. The first-order valence-electron chi connectivity index (χ1n) is 6.82. The van der Waals surface area contributed by atoms with E-state index >= 15 is 0 Å². The second-order valence-corrected chi connectivity index (χ2v) is 5.01. The topological polar surface area (TPSA) is 59.1 Å². The molecular formula is C13H20N4O. The van der Waals surface area contributed by atoms with Gasteiger partial charge in [0.05, 0.1) is 12.6 Å². The van der Waals surface area contributed by atoms with Crippen LogP contribution in [-0.4, -0.2) is 35.8 Å². The Bertz CT molecular complexity index is 413. The minimum atomic E-state index is 0.390. The molecule has 2 N–H and O–H groups in total. The summed E-state index contributed by atoms with van der Waals surface area (Å²) in [5, 5.41) is 6.72. The second-order valence-electron chi connectivity index (χ2n) is 5.01. The second kappa shape index (κ2) is 5.10. The van der Waals surface area contributed by atoms with Gasteiger partial charge < -0.3 is 15.4 Å². The number of hydrogen-bond acceptors (Lipinski definition) is 5. The Morgan fingerprint density at radius 2 is 2.11 bits per heavy atom. The van der Waals surface area contributed by atoms with Crippen LogP contribution in [0.25, 0.3) is 0 Å². The van der Waals surface area contributed by atoms with E-state index < -0.39 is 0 Å². The maximum Gasteiger partial charge on any atom is 0.136 e. The normalized spacial score (nSPS) is 23.1. The van der Waals surface area contributed by atoms with Gasteiger partial charge in [-0.1, -0.05) is 0 Å². The molecule has 0 amide bonds. The van der Waals surface area contributed by atoms with E-state index in [2.05, 4.69) is 27.5 Å². The third-order valence-corrected chi connectivity index (χ3v) is 3.33. The van der Waals surface area contributed by atoms with Crippen LogP contribution in [0.2, 0.25) is 0 Å². The number of nitrogens with one attached hydrogen (secondary N) is 2. The van der Waals surface area contributed by atoms with E-state index in [1.54, 1.807) is 0 Å². The monoisotopic (exact) mass is 248 g/mol. The summed E-state index contributed by atoms with van der Waals surface area (Å²) >= 11 is 0. The van der Waals surface area contributed by atoms with Crippen molar-refractivity contribution in [1.29, 1.82) is 0 Å². The average Bonchev–Trinajstić information content (AvgIpc) is 3.09. The van der Waals surface area contributed by atoms with Gasteiger partial charge in [0.25, 0.3) is 0 Å². The molecule has 3 rings (SSSR count). The fourth-order valence-corrected chi connectivity index (χ4v) is 2.19. The predicted octanol–water partition coefficient (Wildman–Crippen LogP) is 1.99. The lowest BCUT2D eigenvalue weighted by atomic mass is 10.2. The fraction of sp³-hybridized carbons (Fsp3) is 0.692. The highest BCUT2D eigenvalue weighted by molar-refractivity contribution is 5.48. The van der Waals surface area contributed by atoms with Crippen LogP contribution in [0.5, 0.6) is 0 Å². The largest absolute Gasteiger partial charge is 0.379 e. The first-order valence-corrected chi connectivity index (χ1v) is 6.82. The smallest absolute Gasteiger partial charge is 0.136 e. The molecule has 0 aromatic carbocycles.